The second kappa shape index (κ2) is 9.11. The normalized spacial score (nSPS) is 11.2. The summed E-state index contributed by atoms with van der Waals surface area (Å²) in [4.78, 5) is 4.02. The van der Waals surface area contributed by atoms with Crippen LogP contribution in [0.4, 0.5) is 5.82 Å². The summed E-state index contributed by atoms with van der Waals surface area (Å²) < 4.78 is 5.67. The number of nitrogens with zero attached hydrogens (tertiary/aromatic N) is 2. The van der Waals surface area contributed by atoms with Crippen LogP contribution in [0.3, 0.4) is 0 Å². The van der Waals surface area contributed by atoms with E-state index in [0.717, 1.165) is 17.7 Å². The summed E-state index contributed by atoms with van der Waals surface area (Å²) >= 11 is 17.7. The van der Waals surface area contributed by atoms with Crippen LogP contribution in [-0.4, -0.2) is 17.8 Å². The average molecular weight is 387 g/mol. The van der Waals surface area contributed by atoms with Crippen LogP contribution in [0.5, 0.6) is 5.75 Å². The number of nitrogens with one attached hydrogen (secondary N) is 1. The van der Waals surface area contributed by atoms with Crippen molar-refractivity contribution in [3.05, 3.63) is 51.1 Å². The van der Waals surface area contributed by atoms with Gasteiger partial charge in [0.05, 0.1) is 22.9 Å². The minimum atomic E-state index is 0.168. The van der Waals surface area contributed by atoms with Crippen LogP contribution in [0.15, 0.2) is 35.4 Å². The zero-order valence-electron chi connectivity index (χ0n) is 13.4. The molecule has 0 aliphatic carbocycles. The number of halogens is 3. The molecule has 24 heavy (non-hydrogen) atoms. The summed E-state index contributed by atoms with van der Waals surface area (Å²) in [5, 5.41) is 4.90. The van der Waals surface area contributed by atoms with Crippen molar-refractivity contribution in [3.63, 3.8) is 0 Å². The van der Waals surface area contributed by atoms with Gasteiger partial charge in [0.15, 0.2) is 5.82 Å². The molecule has 1 aromatic carbocycles. The molecule has 1 heterocycles. The molecule has 0 unspecified atom stereocenters. The summed E-state index contributed by atoms with van der Waals surface area (Å²) in [6.07, 6.45) is 2.68. The van der Waals surface area contributed by atoms with Gasteiger partial charge in [-0.2, -0.15) is 5.10 Å². The van der Waals surface area contributed by atoms with Crippen LogP contribution in [0.1, 0.15) is 25.8 Å². The number of hydrogen-bond acceptors (Lipinski definition) is 4. The Labute approximate surface area is 156 Å². The van der Waals surface area contributed by atoms with Crippen molar-refractivity contribution in [2.24, 2.45) is 11.0 Å². The smallest absolute Gasteiger partial charge is 0.166 e. The van der Waals surface area contributed by atoms with Crippen LogP contribution in [-0.2, 0) is 0 Å². The lowest BCUT2D eigenvalue weighted by molar-refractivity contribution is 0.289. The molecule has 0 radical (unpaired) electrons. The number of hydrogen-bond donors (Lipinski definition) is 1. The monoisotopic (exact) mass is 385 g/mol. The highest BCUT2D eigenvalue weighted by Crippen LogP contribution is 2.28. The topological polar surface area (TPSA) is 46.5 Å². The molecule has 2 rings (SSSR count). The minimum absolute atomic E-state index is 0.168. The van der Waals surface area contributed by atoms with Gasteiger partial charge in [-0.1, -0.05) is 48.7 Å². The first-order chi connectivity index (χ1) is 11.5. The molecule has 0 saturated heterocycles. The summed E-state index contributed by atoms with van der Waals surface area (Å²) in [7, 11) is 0. The molecule has 0 aliphatic heterocycles. The molecule has 0 aliphatic rings. The lowest BCUT2D eigenvalue weighted by Gasteiger charge is -2.08. The highest BCUT2D eigenvalue weighted by molar-refractivity contribution is 6.42. The summed E-state index contributed by atoms with van der Waals surface area (Å²) in [5.74, 6) is 1.81. The van der Waals surface area contributed by atoms with Gasteiger partial charge in [-0.15, -0.1) is 0 Å². The van der Waals surface area contributed by atoms with Crippen molar-refractivity contribution in [2.75, 3.05) is 12.0 Å². The molecule has 0 amide bonds. The Bertz CT molecular complexity index is 703. The molecule has 0 spiro atoms. The van der Waals surface area contributed by atoms with Gasteiger partial charge in [0, 0.05) is 0 Å². The third-order valence-electron chi connectivity index (χ3n) is 3.11. The van der Waals surface area contributed by atoms with E-state index in [0.29, 0.717) is 28.4 Å². The van der Waals surface area contributed by atoms with Crippen LogP contribution in [0.2, 0.25) is 15.2 Å². The first-order valence-corrected chi connectivity index (χ1v) is 8.62. The molecule has 1 aromatic heterocycles. The molecule has 7 heteroatoms. The van der Waals surface area contributed by atoms with Gasteiger partial charge in [0.1, 0.15) is 10.9 Å². The molecule has 128 valence electrons. The summed E-state index contributed by atoms with van der Waals surface area (Å²) in [5.41, 5.74) is 3.65. The van der Waals surface area contributed by atoms with Crippen LogP contribution in [0, 0.1) is 5.92 Å². The zero-order chi connectivity index (χ0) is 17.5. The number of ether oxygens (including phenoxy) is 1. The molecule has 1 N–H and O–H groups in total. The van der Waals surface area contributed by atoms with Crippen molar-refractivity contribution >= 4 is 46.8 Å². The second-order valence-electron chi connectivity index (χ2n) is 5.56. The molecule has 2 aromatic rings. The van der Waals surface area contributed by atoms with Crippen molar-refractivity contribution < 1.29 is 4.74 Å². The van der Waals surface area contributed by atoms with E-state index in [4.69, 9.17) is 39.5 Å². The van der Waals surface area contributed by atoms with Crippen molar-refractivity contribution in [1.29, 1.82) is 0 Å². The number of pyridine rings is 1. The van der Waals surface area contributed by atoms with E-state index in [2.05, 4.69) is 29.4 Å². The predicted octanol–water partition coefficient (Wildman–Crippen LogP) is 5.91. The SMILES string of the molecule is CC(C)CCOc1ccc(C=NNc2nc(Cl)c(Cl)cc2Cl)cc1. The highest BCUT2D eigenvalue weighted by atomic mass is 35.5. The molecule has 0 bridgehead atoms. The predicted molar refractivity (Wildman–Crippen MR) is 102 cm³/mol. The Morgan fingerprint density at radius 3 is 2.54 bits per heavy atom. The van der Waals surface area contributed by atoms with Gasteiger partial charge in [-0.05, 0) is 48.2 Å². The number of aromatic nitrogens is 1. The maximum Gasteiger partial charge on any atom is 0.166 e. The first-order valence-electron chi connectivity index (χ1n) is 7.49. The maximum absolute atomic E-state index is 6.02. The standard InChI is InChI=1S/C17H18Cl3N3O/c1-11(2)7-8-24-13-5-3-12(4-6-13)10-21-23-17-15(19)9-14(18)16(20)22-17/h3-6,9-11H,7-8H2,1-2H3,(H,22,23). The Hall–Kier alpha value is -1.49. The number of benzene rings is 1. The molecule has 0 fully saturated rings. The fourth-order valence-corrected chi connectivity index (χ4v) is 2.29. The van der Waals surface area contributed by atoms with Gasteiger partial charge < -0.3 is 4.74 Å². The van der Waals surface area contributed by atoms with E-state index < -0.39 is 0 Å². The third-order valence-corrected chi connectivity index (χ3v) is 4.08. The Morgan fingerprint density at radius 1 is 1.17 bits per heavy atom. The number of hydrazone groups is 1. The van der Waals surface area contributed by atoms with Gasteiger partial charge in [-0.3, -0.25) is 5.43 Å². The molecular formula is C17H18Cl3N3O. The van der Waals surface area contributed by atoms with Gasteiger partial charge in [0.2, 0.25) is 0 Å². The Morgan fingerprint density at radius 2 is 1.88 bits per heavy atom. The van der Waals surface area contributed by atoms with Crippen LogP contribution in [0.25, 0.3) is 0 Å². The quantitative estimate of drug-likeness (QED) is 0.365. The zero-order valence-corrected chi connectivity index (χ0v) is 15.7. The van der Waals surface area contributed by atoms with Crippen LogP contribution >= 0.6 is 34.8 Å². The van der Waals surface area contributed by atoms with E-state index in [-0.39, 0.29) is 5.15 Å². The van der Waals surface area contributed by atoms with E-state index >= 15 is 0 Å². The maximum atomic E-state index is 6.02. The summed E-state index contributed by atoms with van der Waals surface area (Å²) in [6, 6.07) is 9.16. The van der Waals surface area contributed by atoms with E-state index in [1.807, 2.05) is 24.3 Å². The fourth-order valence-electron chi connectivity index (χ4n) is 1.75. The third kappa shape index (κ3) is 5.86. The lowest BCUT2D eigenvalue weighted by atomic mass is 10.1. The lowest BCUT2D eigenvalue weighted by Crippen LogP contribution is -2.01. The number of anilines is 1. The van der Waals surface area contributed by atoms with E-state index in [9.17, 15) is 0 Å². The van der Waals surface area contributed by atoms with E-state index in [1.54, 1.807) is 6.21 Å². The van der Waals surface area contributed by atoms with Crippen LogP contribution < -0.4 is 10.2 Å². The van der Waals surface area contributed by atoms with Crippen molar-refractivity contribution in [3.8, 4) is 5.75 Å². The largest absolute Gasteiger partial charge is 0.494 e. The molecule has 0 saturated carbocycles. The summed E-state index contributed by atoms with van der Waals surface area (Å²) in [6.45, 7) is 5.06. The Kier molecular flexibility index (Phi) is 7.16. The fraction of sp³-hybridized carbons (Fsp3) is 0.294. The second-order valence-corrected chi connectivity index (χ2v) is 6.73. The van der Waals surface area contributed by atoms with Gasteiger partial charge in [0.25, 0.3) is 0 Å². The van der Waals surface area contributed by atoms with Gasteiger partial charge >= 0.3 is 0 Å². The van der Waals surface area contributed by atoms with E-state index in [1.165, 1.54) is 6.07 Å². The van der Waals surface area contributed by atoms with Gasteiger partial charge in [-0.25, -0.2) is 4.98 Å². The molecular weight excluding hydrogens is 369 g/mol. The Balaban J connectivity index is 1.91. The minimum Gasteiger partial charge on any atom is -0.494 e. The first kappa shape index (κ1) is 18.8. The average Bonchev–Trinajstić information content (AvgIpc) is 2.53. The van der Waals surface area contributed by atoms with Crippen molar-refractivity contribution in [1.82, 2.24) is 4.98 Å². The highest BCUT2D eigenvalue weighted by Gasteiger charge is 2.06. The molecule has 0 atom stereocenters. The molecule has 4 nitrogen and oxygen atoms in total. The van der Waals surface area contributed by atoms with Crippen molar-refractivity contribution in [2.45, 2.75) is 20.3 Å². The number of rotatable bonds is 7.